The summed E-state index contributed by atoms with van der Waals surface area (Å²) in [5.41, 5.74) is 0.373. The van der Waals surface area contributed by atoms with E-state index < -0.39 is 0 Å². The van der Waals surface area contributed by atoms with Crippen LogP contribution in [-0.4, -0.2) is 41.9 Å². The lowest BCUT2D eigenvalue weighted by Crippen LogP contribution is -2.41. The minimum atomic E-state index is -0.345. The molecule has 1 aliphatic heterocycles. The van der Waals surface area contributed by atoms with Crippen LogP contribution in [-0.2, 0) is 9.31 Å². The van der Waals surface area contributed by atoms with Gasteiger partial charge in [-0.25, -0.2) is 4.98 Å². The smallest absolute Gasteiger partial charge is 0.400 e. The quantitative estimate of drug-likeness (QED) is 0.811. The largest absolute Gasteiger partial charge is 0.492 e. The number of hydrogen-bond acceptors (Lipinski definition) is 4. The highest BCUT2D eigenvalue weighted by Gasteiger charge is 2.52. The Bertz CT molecular complexity index is 438. The zero-order valence-electron chi connectivity index (χ0n) is 12.3. The number of rotatable bonds is 4. The van der Waals surface area contributed by atoms with Gasteiger partial charge in [0, 0.05) is 18.9 Å². The van der Waals surface area contributed by atoms with Gasteiger partial charge in [0.15, 0.2) is 0 Å². The van der Waals surface area contributed by atoms with Crippen molar-refractivity contribution < 1.29 is 9.31 Å². The molecule has 1 aliphatic rings. The van der Waals surface area contributed by atoms with Crippen LogP contribution in [0, 0.1) is 0 Å². The van der Waals surface area contributed by atoms with Crippen molar-refractivity contribution in [2.45, 2.75) is 38.9 Å². The Morgan fingerprint density at radius 3 is 2.47 bits per heavy atom. The summed E-state index contributed by atoms with van der Waals surface area (Å²) >= 11 is 0. The molecule has 5 nitrogen and oxygen atoms in total. The van der Waals surface area contributed by atoms with Crippen molar-refractivity contribution in [1.29, 1.82) is 0 Å². The molecule has 2 heterocycles. The molecule has 0 unspecified atom stereocenters. The van der Waals surface area contributed by atoms with Crippen molar-refractivity contribution in [3.63, 3.8) is 0 Å². The normalized spacial score (nSPS) is 21.9. The first-order chi connectivity index (χ1) is 8.86. The lowest BCUT2D eigenvalue weighted by atomic mass is 9.77. The van der Waals surface area contributed by atoms with E-state index >= 15 is 0 Å². The Morgan fingerprint density at radius 1 is 1.37 bits per heavy atom. The molecule has 0 bridgehead atoms. The van der Waals surface area contributed by atoms with Crippen molar-refractivity contribution in [3.8, 4) is 0 Å². The zero-order valence-corrected chi connectivity index (χ0v) is 12.3. The van der Waals surface area contributed by atoms with E-state index in [4.69, 9.17) is 9.31 Å². The Hall–Kier alpha value is -1.11. The molecule has 0 aromatic carbocycles. The fourth-order valence-electron chi connectivity index (χ4n) is 1.93. The van der Waals surface area contributed by atoms with Crippen LogP contribution in [0.2, 0.25) is 0 Å². The molecule has 2 rings (SSSR count). The third-order valence-electron chi connectivity index (χ3n) is 3.78. The maximum Gasteiger partial charge on any atom is 0.492 e. The van der Waals surface area contributed by atoms with Gasteiger partial charge in [-0.3, -0.25) is 0 Å². The summed E-state index contributed by atoms with van der Waals surface area (Å²) in [7, 11) is 1.56. The highest BCUT2D eigenvalue weighted by Crippen LogP contribution is 2.38. The first-order valence-electron chi connectivity index (χ1n) is 6.56. The Balaban J connectivity index is 2.23. The second-order valence-electron chi connectivity index (χ2n) is 5.81. The molecular weight excluding hydrogens is 241 g/mol. The molecule has 1 saturated heterocycles. The van der Waals surface area contributed by atoms with Gasteiger partial charge in [-0.1, -0.05) is 0 Å². The lowest BCUT2D eigenvalue weighted by molar-refractivity contribution is 0.00578. The number of nitrogens with one attached hydrogen (secondary N) is 2. The molecule has 0 amide bonds. The van der Waals surface area contributed by atoms with E-state index in [1.54, 1.807) is 12.4 Å². The fraction of sp³-hybridized carbons (Fsp3) is 0.615. The molecule has 104 valence electrons. The van der Waals surface area contributed by atoms with E-state index in [0.29, 0.717) is 6.54 Å². The lowest BCUT2D eigenvalue weighted by Gasteiger charge is -2.32. The van der Waals surface area contributed by atoms with Crippen LogP contribution in [0.4, 0.5) is 0 Å². The second-order valence-corrected chi connectivity index (χ2v) is 5.81. The van der Waals surface area contributed by atoms with Gasteiger partial charge in [0.1, 0.15) is 5.82 Å². The molecule has 0 saturated carbocycles. The molecule has 1 fully saturated rings. The van der Waals surface area contributed by atoms with Gasteiger partial charge in [0.25, 0.3) is 0 Å². The van der Waals surface area contributed by atoms with Crippen LogP contribution in [0.1, 0.15) is 33.5 Å². The molecule has 0 atom stereocenters. The maximum atomic E-state index is 6.06. The summed E-state index contributed by atoms with van der Waals surface area (Å²) < 4.78 is 12.1. The summed E-state index contributed by atoms with van der Waals surface area (Å²) in [6.45, 7) is 8.90. The number of H-pyrrole nitrogens is 1. The van der Waals surface area contributed by atoms with E-state index in [1.165, 1.54) is 0 Å². The maximum absolute atomic E-state index is 6.06. The van der Waals surface area contributed by atoms with Crippen molar-refractivity contribution in [1.82, 2.24) is 15.3 Å². The first kappa shape index (κ1) is 14.3. The molecular formula is C13H22BN3O2. The fourth-order valence-corrected chi connectivity index (χ4v) is 1.93. The van der Waals surface area contributed by atoms with E-state index in [1.807, 2.05) is 13.1 Å². The number of aromatic nitrogens is 2. The Morgan fingerprint density at radius 2 is 2.00 bits per heavy atom. The number of nitrogens with zero attached hydrogens (tertiary/aromatic N) is 1. The average molecular weight is 263 g/mol. The van der Waals surface area contributed by atoms with E-state index in [-0.39, 0.29) is 18.3 Å². The van der Waals surface area contributed by atoms with Gasteiger partial charge in [-0.2, -0.15) is 0 Å². The van der Waals surface area contributed by atoms with Crippen molar-refractivity contribution in [3.05, 3.63) is 23.7 Å². The Labute approximate surface area is 114 Å². The van der Waals surface area contributed by atoms with Crippen LogP contribution in [0.25, 0.3) is 6.08 Å². The van der Waals surface area contributed by atoms with Gasteiger partial charge in [-0.05, 0) is 46.3 Å². The minimum Gasteiger partial charge on any atom is -0.400 e. The van der Waals surface area contributed by atoms with Crippen LogP contribution in [0.5, 0.6) is 0 Å². The highest BCUT2D eigenvalue weighted by atomic mass is 16.7. The summed E-state index contributed by atoms with van der Waals surface area (Å²) in [5, 5.41) is 3.14. The number of hydrogen-bond donors (Lipinski definition) is 2. The second kappa shape index (κ2) is 5.11. The van der Waals surface area contributed by atoms with Gasteiger partial charge in [0.2, 0.25) is 0 Å². The molecule has 6 heteroatoms. The Kier molecular flexibility index (Phi) is 3.85. The van der Waals surface area contributed by atoms with Gasteiger partial charge in [-0.15, -0.1) is 0 Å². The topological polar surface area (TPSA) is 59.2 Å². The van der Waals surface area contributed by atoms with Crippen molar-refractivity contribution in [2.24, 2.45) is 0 Å². The zero-order chi connectivity index (χ0) is 14.1. The number of aromatic amines is 1. The number of imidazole rings is 1. The third-order valence-corrected chi connectivity index (χ3v) is 3.78. The van der Waals surface area contributed by atoms with Crippen molar-refractivity contribution >= 4 is 13.2 Å². The van der Waals surface area contributed by atoms with E-state index in [2.05, 4.69) is 43.0 Å². The monoisotopic (exact) mass is 263 g/mol. The summed E-state index contributed by atoms with van der Waals surface area (Å²) in [6.07, 6.45) is 5.50. The molecule has 2 N–H and O–H groups in total. The van der Waals surface area contributed by atoms with E-state index in [0.717, 1.165) is 11.3 Å². The van der Waals surface area contributed by atoms with E-state index in [9.17, 15) is 0 Å². The minimum absolute atomic E-state index is 0.326. The van der Waals surface area contributed by atoms with Crippen LogP contribution >= 0.6 is 0 Å². The molecule has 0 radical (unpaired) electrons. The third kappa shape index (κ3) is 2.91. The first-order valence-corrected chi connectivity index (χ1v) is 6.56. The average Bonchev–Trinajstić information content (AvgIpc) is 2.85. The van der Waals surface area contributed by atoms with Crippen molar-refractivity contribution in [2.75, 3.05) is 13.6 Å². The molecule has 0 spiro atoms. The van der Waals surface area contributed by atoms with Crippen LogP contribution in [0.15, 0.2) is 17.9 Å². The molecule has 1 aromatic rings. The number of likely N-dealkylation sites (N-methyl/N-ethyl adjacent to an activating group) is 1. The van der Waals surface area contributed by atoms with Gasteiger partial charge >= 0.3 is 7.12 Å². The van der Waals surface area contributed by atoms with Crippen LogP contribution < -0.4 is 5.32 Å². The molecule has 1 aromatic heterocycles. The van der Waals surface area contributed by atoms with Gasteiger partial charge < -0.3 is 19.6 Å². The summed E-state index contributed by atoms with van der Waals surface area (Å²) in [4.78, 5) is 7.28. The standard InChI is InChI=1S/C13H22BN3O2/c1-12(2)13(3,4)19-14(18-12)10(9-15-5)8-11-16-6-7-17-11/h6-8,15H,9H2,1-5H3,(H,16,17). The predicted molar refractivity (Wildman–Crippen MR) is 76.6 cm³/mol. The van der Waals surface area contributed by atoms with Gasteiger partial charge in [0.05, 0.1) is 11.2 Å². The SMILES string of the molecule is CNCC(=Cc1ncc[nH]1)B1OC(C)(C)C(C)(C)O1. The molecule has 0 aliphatic carbocycles. The predicted octanol–water partition coefficient (Wildman–Crippen LogP) is 1.64. The highest BCUT2D eigenvalue weighted by molar-refractivity contribution is 6.55. The molecule has 19 heavy (non-hydrogen) atoms. The van der Waals surface area contributed by atoms with Crippen LogP contribution in [0.3, 0.4) is 0 Å². The summed E-state index contributed by atoms with van der Waals surface area (Å²) in [5.74, 6) is 0.806. The summed E-state index contributed by atoms with van der Waals surface area (Å²) in [6, 6.07) is 0.